The third-order valence-electron chi connectivity index (χ3n) is 6.94. The average Bonchev–Trinajstić information content (AvgIpc) is 3.30. The highest BCUT2D eigenvalue weighted by atomic mass is 15.2. The van der Waals surface area contributed by atoms with Crippen LogP contribution in [0.25, 0.3) is 11.1 Å². The minimum absolute atomic E-state index is 0.445. The van der Waals surface area contributed by atoms with Crippen LogP contribution < -0.4 is 0 Å². The van der Waals surface area contributed by atoms with Gasteiger partial charge < -0.3 is 4.90 Å². The average molecular weight is 418 g/mol. The first-order chi connectivity index (χ1) is 14.9. The van der Waals surface area contributed by atoms with Gasteiger partial charge in [0.25, 0.3) is 0 Å². The van der Waals surface area contributed by atoms with Gasteiger partial charge in [-0.3, -0.25) is 4.90 Å². The fourth-order valence-corrected chi connectivity index (χ4v) is 4.99. The van der Waals surface area contributed by atoms with Crippen molar-refractivity contribution >= 4 is 0 Å². The minimum atomic E-state index is -0.445. The van der Waals surface area contributed by atoms with E-state index in [1.807, 2.05) is 6.07 Å². The first kappa shape index (κ1) is 23.5. The Morgan fingerprint density at radius 2 is 1.45 bits per heavy atom. The third-order valence-corrected chi connectivity index (χ3v) is 6.94. The second-order valence-electron chi connectivity index (χ2n) is 9.61. The van der Waals surface area contributed by atoms with Crippen molar-refractivity contribution in [1.82, 2.24) is 9.80 Å². The van der Waals surface area contributed by atoms with Crippen LogP contribution >= 0.6 is 0 Å². The van der Waals surface area contributed by atoms with Crippen molar-refractivity contribution in [2.75, 3.05) is 26.2 Å². The van der Waals surface area contributed by atoms with Gasteiger partial charge >= 0.3 is 0 Å². The van der Waals surface area contributed by atoms with Gasteiger partial charge in [-0.2, -0.15) is 5.26 Å². The summed E-state index contributed by atoms with van der Waals surface area (Å²) in [5, 5.41) is 10.5. The lowest BCUT2D eigenvalue weighted by Gasteiger charge is -2.35. The molecule has 2 aromatic carbocycles. The zero-order valence-corrected chi connectivity index (χ0v) is 19.8. The maximum Gasteiger partial charge on any atom is 0.0846 e. The lowest BCUT2D eigenvalue weighted by atomic mass is 9.75. The SMILES string of the molecule is CC(C)N(CCC(C#N)(CCN1CCCC1)c1ccc(-c2ccccc2)cc1)C(C)C. The summed E-state index contributed by atoms with van der Waals surface area (Å²) in [6.07, 6.45) is 4.36. The molecule has 0 saturated carbocycles. The monoisotopic (exact) mass is 417 g/mol. The molecular weight excluding hydrogens is 378 g/mol. The normalized spacial score (nSPS) is 16.7. The second kappa shape index (κ2) is 10.9. The van der Waals surface area contributed by atoms with Gasteiger partial charge in [-0.15, -0.1) is 0 Å². The number of benzene rings is 2. The van der Waals surface area contributed by atoms with E-state index >= 15 is 0 Å². The molecular formula is C28H39N3. The van der Waals surface area contributed by atoms with Crippen LogP contribution in [0.1, 0.15) is 58.9 Å². The molecule has 0 radical (unpaired) electrons. The Balaban J connectivity index is 1.85. The van der Waals surface area contributed by atoms with E-state index in [9.17, 15) is 5.26 Å². The molecule has 0 amide bonds. The molecule has 0 spiro atoms. The van der Waals surface area contributed by atoms with Crippen LogP contribution in [-0.4, -0.2) is 48.1 Å². The number of hydrogen-bond donors (Lipinski definition) is 0. The standard InChI is InChI=1S/C28H39N3/c1-23(2)31(24(3)4)21-17-28(22-29,16-20-30-18-8-9-19-30)27-14-12-26(13-15-27)25-10-6-5-7-11-25/h5-7,10-15,23-24H,8-9,16-21H2,1-4H3. The van der Waals surface area contributed by atoms with E-state index in [2.05, 4.69) is 92.1 Å². The molecule has 0 bridgehead atoms. The van der Waals surface area contributed by atoms with Gasteiger partial charge in [0.1, 0.15) is 0 Å². The van der Waals surface area contributed by atoms with Crippen molar-refractivity contribution < 1.29 is 0 Å². The highest BCUT2D eigenvalue weighted by molar-refractivity contribution is 5.63. The van der Waals surface area contributed by atoms with Gasteiger partial charge in [-0.25, -0.2) is 0 Å². The van der Waals surface area contributed by atoms with Crippen molar-refractivity contribution in [3.8, 4) is 17.2 Å². The Hall–Kier alpha value is -2.15. The maximum absolute atomic E-state index is 10.5. The van der Waals surface area contributed by atoms with E-state index < -0.39 is 5.41 Å². The van der Waals surface area contributed by atoms with E-state index in [1.54, 1.807) is 0 Å². The second-order valence-corrected chi connectivity index (χ2v) is 9.61. The summed E-state index contributed by atoms with van der Waals surface area (Å²) in [6.45, 7) is 13.3. The molecule has 166 valence electrons. The molecule has 1 aliphatic heterocycles. The molecule has 3 nitrogen and oxygen atoms in total. The topological polar surface area (TPSA) is 30.3 Å². The fourth-order valence-electron chi connectivity index (χ4n) is 4.99. The first-order valence-electron chi connectivity index (χ1n) is 12.0. The van der Waals surface area contributed by atoms with Crippen LogP contribution in [0.5, 0.6) is 0 Å². The number of rotatable bonds is 10. The van der Waals surface area contributed by atoms with E-state index in [0.29, 0.717) is 12.1 Å². The Morgan fingerprint density at radius 3 is 2.00 bits per heavy atom. The highest BCUT2D eigenvalue weighted by Crippen LogP contribution is 2.34. The summed E-state index contributed by atoms with van der Waals surface area (Å²) in [5.41, 5.74) is 3.15. The predicted octanol–water partition coefficient (Wildman–Crippen LogP) is 6.11. The summed E-state index contributed by atoms with van der Waals surface area (Å²) in [5.74, 6) is 0. The Kier molecular flexibility index (Phi) is 8.29. The van der Waals surface area contributed by atoms with Crippen molar-refractivity contribution in [3.05, 3.63) is 60.2 Å². The van der Waals surface area contributed by atoms with Crippen molar-refractivity contribution in [2.45, 2.75) is 70.9 Å². The molecule has 3 heteroatoms. The Morgan fingerprint density at radius 1 is 0.871 bits per heavy atom. The first-order valence-corrected chi connectivity index (χ1v) is 12.0. The van der Waals surface area contributed by atoms with Crippen LogP contribution in [-0.2, 0) is 5.41 Å². The molecule has 2 aromatic rings. The van der Waals surface area contributed by atoms with Gasteiger partial charge in [0, 0.05) is 18.6 Å². The highest BCUT2D eigenvalue weighted by Gasteiger charge is 2.34. The van der Waals surface area contributed by atoms with E-state index in [0.717, 1.165) is 25.9 Å². The van der Waals surface area contributed by atoms with Crippen LogP contribution in [0.2, 0.25) is 0 Å². The zero-order chi connectivity index (χ0) is 22.3. The number of hydrogen-bond acceptors (Lipinski definition) is 3. The zero-order valence-electron chi connectivity index (χ0n) is 19.8. The summed E-state index contributed by atoms with van der Waals surface area (Å²) < 4.78 is 0. The Labute approximate surface area is 189 Å². The number of nitrogens with zero attached hydrogens (tertiary/aromatic N) is 3. The van der Waals surface area contributed by atoms with Crippen molar-refractivity contribution in [3.63, 3.8) is 0 Å². The largest absolute Gasteiger partial charge is 0.303 e. The molecule has 1 fully saturated rings. The molecule has 3 rings (SSSR count). The molecule has 0 aromatic heterocycles. The summed E-state index contributed by atoms with van der Waals surface area (Å²) in [4.78, 5) is 5.05. The molecule has 1 unspecified atom stereocenters. The molecule has 1 saturated heterocycles. The third kappa shape index (κ3) is 5.97. The minimum Gasteiger partial charge on any atom is -0.303 e. The molecule has 1 aliphatic rings. The van der Waals surface area contributed by atoms with Crippen LogP contribution in [0.4, 0.5) is 0 Å². The van der Waals surface area contributed by atoms with Gasteiger partial charge in [-0.1, -0.05) is 54.6 Å². The van der Waals surface area contributed by atoms with Crippen LogP contribution in [0.3, 0.4) is 0 Å². The molecule has 1 atom stereocenters. The molecule has 0 aliphatic carbocycles. The van der Waals surface area contributed by atoms with E-state index in [-0.39, 0.29) is 0 Å². The maximum atomic E-state index is 10.5. The lowest BCUT2D eigenvalue weighted by molar-refractivity contribution is 0.159. The van der Waals surface area contributed by atoms with Crippen LogP contribution in [0, 0.1) is 11.3 Å². The van der Waals surface area contributed by atoms with Gasteiger partial charge in [-0.05, 0) is 89.7 Å². The lowest BCUT2D eigenvalue weighted by Crippen LogP contribution is -2.41. The summed E-state index contributed by atoms with van der Waals surface area (Å²) in [7, 11) is 0. The molecule has 1 heterocycles. The predicted molar refractivity (Wildman–Crippen MR) is 131 cm³/mol. The van der Waals surface area contributed by atoms with Crippen molar-refractivity contribution in [1.29, 1.82) is 5.26 Å². The smallest absolute Gasteiger partial charge is 0.0846 e. The van der Waals surface area contributed by atoms with E-state index in [1.165, 1.54) is 42.6 Å². The van der Waals surface area contributed by atoms with Crippen LogP contribution in [0.15, 0.2) is 54.6 Å². The number of likely N-dealkylation sites (tertiary alicyclic amines) is 1. The van der Waals surface area contributed by atoms with Gasteiger partial charge in [0.05, 0.1) is 11.5 Å². The number of nitriles is 1. The molecule has 0 N–H and O–H groups in total. The fraction of sp³-hybridized carbons (Fsp3) is 0.536. The quantitative estimate of drug-likeness (QED) is 0.467. The van der Waals surface area contributed by atoms with Gasteiger partial charge in [0.2, 0.25) is 0 Å². The van der Waals surface area contributed by atoms with Gasteiger partial charge in [0.15, 0.2) is 0 Å². The summed E-state index contributed by atoms with van der Waals surface area (Å²) >= 11 is 0. The van der Waals surface area contributed by atoms with Crippen molar-refractivity contribution in [2.24, 2.45) is 0 Å². The van der Waals surface area contributed by atoms with E-state index in [4.69, 9.17) is 0 Å². The Bertz CT molecular complexity index is 821. The molecule has 31 heavy (non-hydrogen) atoms. The summed E-state index contributed by atoms with van der Waals surface area (Å²) in [6, 6.07) is 23.0.